The van der Waals surface area contributed by atoms with Gasteiger partial charge in [0.05, 0.1) is 10.6 Å². The van der Waals surface area contributed by atoms with E-state index in [2.05, 4.69) is 11.1 Å². The third-order valence-corrected chi connectivity index (χ3v) is 5.10. The number of nitrogens with two attached hydrogens (primary N) is 1. The van der Waals surface area contributed by atoms with E-state index in [0.717, 1.165) is 0 Å². The summed E-state index contributed by atoms with van der Waals surface area (Å²) in [6.45, 7) is 3.11. The van der Waals surface area contributed by atoms with Crippen LogP contribution in [-0.4, -0.2) is 19.0 Å². The van der Waals surface area contributed by atoms with Gasteiger partial charge < -0.3 is 5.73 Å². The topological polar surface area (TPSA) is 72.5 Å². The van der Waals surface area contributed by atoms with Crippen LogP contribution in [0.25, 0.3) is 0 Å². The average molecular weight is 223 g/mol. The fourth-order valence-corrected chi connectivity index (χ4v) is 2.90. The van der Waals surface area contributed by atoms with Crippen molar-refractivity contribution in [1.82, 2.24) is 0 Å². The third-order valence-electron chi connectivity index (χ3n) is 2.62. The second kappa shape index (κ2) is 2.82. The Morgan fingerprint density at radius 2 is 2.13 bits per heavy atom. The molecular formula is C10H11N2O2S. The first kappa shape index (κ1) is 10.2. The number of benzene rings is 1. The van der Waals surface area contributed by atoms with E-state index in [9.17, 15) is 8.42 Å². The Morgan fingerprint density at radius 3 is 2.80 bits per heavy atom. The Hall–Kier alpha value is -1.36. The van der Waals surface area contributed by atoms with Gasteiger partial charge in [-0.05, 0) is 32.0 Å². The Morgan fingerprint density at radius 1 is 1.47 bits per heavy atom. The van der Waals surface area contributed by atoms with E-state index in [1.807, 2.05) is 0 Å². The van der Waals surface area contributed by atoms with Gasteiger partial charge in [0.1, 0.15) is 10.6 Å². The zero-order valence-electron chi connectivity index (χ0n) is 8.48. The van der Waals surface area contributed by atoms with Gasteiger partial charge in [-0.2, -0.15) is 0 Å². The molecule has 2 N–H and O–H groups in total. The molecule has 0 unspecified atom stereocenters. The predicted molar refractivity (Wildman–Crippen MR) is 57.8 cm³/mol. The number of hydrogen-bond acceptors (Lipinski definition) is 4. The van der Waals surface area contributed by atoms with Crippen LogP contribution in [0.3, 0.4) is 0 Å². The van der Waals surface area contributed by atoms with Crippen LogP contribution in [0.1, 0.15) is 13.8 Å². The number of sulfone groups is 1. The van der Waals surface area contributed by atoms with Gasteiger partial charge in [-0.25, -0.2) is 13.4 Å². The Kier molecular flexibility index (Phi) is 1.91. The SMILES string of the molecule is CC1(C)C(N)=Nc2c[c]ccc2S1(=O)=O. The molecule has 1 radical (unpaired) electrons. The van der Waals surface area contributed by atoms with Crippen LogP contribution in [0.5, 0.6) is 0 Å². The van der Waals surface area contributed by atoms with Gasteiger partial charge in [-0.3, -0.25) is 0 Å². The summed E-state index contributed by atoms with van der Waals surface area (Å²) < 4.78 is 23.2. The lowest BCUT2D eigenvalue weighted by atomic mass is 10.2. The molecule has 79 valence electrons. The summed E-state index contributed by atoms with van der Waals surface area (Å²) in [5.41, 5.74) is 6.03. The van der Waals surface area contributed by atoms with Crippen LogP contribution >= 0.6 is 0 Å². The van der Waals surface area contributed by atoms with E-state index in [1.165, 1.54) is 12.1 Å². The summed E-state index contributed by atoms with van der Waals surface area (Å²) in [5.74, 6) is 0.120. The summed E-state index contributed by atoms with van der Waals surface area (Å²) in [7, 11) is -3.45. The molecule has 1 aliphatic rings. The van der Waals surface area contributed by atoms with Gasteiger partial charge in [0.2, 0.25) is 0 Å². The minimum Gasteiger partial charge on any atom is -0.386 e. The van der Waals surface area contributed by atoms with Crippen LogP contribution in [0.2, 0.25) is 0 Å². The van der Waals surface area contributed by atoms with E-state index in [-0.39, 0.29) is 10.7 Å². The van der Waals surface area contributed by atoms with Gasteiger partial charge in [-0.1, -0.05) is 6.07 Å². The maximum Gasteiger partial charge on any atom is 0.192 e. The van der Waals surface area contributed by atoms with E-state index < -0.39 is 14.6 Å². The summed E-state index contributed by atoms with van der Waals surface area (Å²) in [6, 6.07) is 7.36. The molecule has 5 heteroatoms. The molecule has 0 bridgehead atoms. The quantitative estimate of drug-likeness (QED) is 0.714. The lowest BCUT2D eigenvalue weighted by molar-refractivity contribution is 0.575. The zero-order valence-corrected chi connectivity index (χ0v) is 9.30. The van der Waals surface area contributed by atoms with Gasteiger partial charge in [0.25, 0.3) is 0 Å². The molecule has 4 nitrogen and oxygen atoms in total. The van der Waals surface area contributed by atoms with Crippen molar-refractivity contribution in [3.8, 4) is 0 Å². The van der Waals surface area contributed by atoms with Crippen LogP contribution < -0.4 is 5.73 Å². The molecule has 0 atom stereocenters. The van der Waals surface area contributed by atoms with Crippen LogP contribution in [0.4, 0.5) is 5.69 Å². The maximum atomic E-state index is 12.2. The highest BCUT2D eigenvalue weighted by atomic mass is 32.2. The van der Waals surface area contributed by atoms with Crippen LogP contribution in [0, 0.1) is 6.07 Å². The second-order valence-corrected chi connectivity index (χ2v) is 6.37. The highest BCUT2D eigenvalue weighted by Gasteiger charge is 2.43. The molecule has 1 aromatic carbocycles. The monoisotopic (exact) mass is 223 g/mol. The van der Waals surface area contributed by atoms with Gasteiger partial charge in [-0.15, -0.1) is 0 Å². The van der Waals surface area contributed by atoms with Gasteiger partial charge in [0, 0.05) is 0 Å². The predicted octanol–water partition coefficient (Wildman–Crippen LogP) is 1.04. The Labute approximate surface area is 88.7 Å². The highest BCUT2D eigenvalue weighted by Crippen LogP contribution is 2.36. The first-order valence-corrected chi connectivity index (χ1v) is 5.95. The largest absolute Gasteiger partial charge is 0.386 e. The molecule has 0 aliphatic carbocycles. The molecule has 0 aromatic heterocycles. The Bertz CT molecular complexity index is 544. The van der Waals surface area contributed by atoms with Crippen molar-refractivity contribution in [2.45, 2.75) is 23.5 Å². The third kappa shape index (κ3) is 1.19. The van der Waals surface area contributed by atoms with Crippen molar-refractivity contribution >= 4 is 21.4 Å². The summed E-state index contributed by atoms with van der Waals surface area (Å²) >= 11 is 0. The number of aliphatic imine (C=N–C) groups is 1. The molecule has 0 spiro atoms. The molecule has 0 saturated carbocycles. The number of hydrogen-bond donors (Lipinski definition) is 1. The lowest BCUT2D eigenvalue weighted by Gasteiger charge is -2.28. The molecular weight excluding hydrogens is 212 g/mol. The van der Waals surface area contributed by atoms with Crippen molar-refractivity contribution in [3.63, 3.8) is 0 Å². The van der Waals surface area contributed by atoms with Crippen molar-refractivity contribution in [3.05, 3.63) is 24.3 Å². The summed E-state index contributed by atoms with van der Waals surface area (Å²) in [6.07, 6.45) is 0. The first-order valence-electron chi connectivity index (χ1n) is 4.47. The normalized spacial score (nSPS) is 21.6. The second-order valence-electron chi connectivity index (χ2n) is 3.90. The van der Waals surface area contributed by atoms with E-state index in [0.29, 0.717) is 5.69 Å². The van der Waals surface area contributed by atoms with Crippen molar-refractivity contribution < 1.29 is 8.42 Å². The van der Waals surface area contributed by atoms with Crippen molar-refractivity contribution in [2.75, 3.05) is 0 Å². The zero-order chi connectivity index (χ0) is 11.3. The smallest absolute Gasteiger partial charge is 0.192 e. The average Bonchev–Trinajstić information content (AvgIpc) is 2.16. The molecule has 0 fully saturated rings. The highest BCUT2D eigenvalue weighted by molar-refractivity contribution is 7.93. The molecule has 1 heterocycles. The van der Waals surface area contributed by atoms with Crippen molar-refractivity contribution in [1.29, 1.82) is 0 Å². The summed E-state index contributed by atoms with van der Waals surface area (Å²) in [5, 5.41) is 0. The number of rotatable bonds is 0. The Balaban J connectivity index is 2.85. The number of nitrogens with zero attached hydrogens (tertiary/aromatic N) is 1. The van der Waals surface area contributed by atoms with Crippen molar-refractivity contribution in [2.24, 2.45) is 10.7 Å². The minimum absolute atomic E-state index is 0.120. The molecule has 1 aromatic rings. The van der Waals surface area contributed by atoms with Crippen LogP contribution in [-0.2, 0) is 9.84 Å². The summed E-state index contributed by atoms with van der Waals surface area (Å²) in [4.78, 5) is 4.30. The minimum atomic E-state index is -3.45. The number of fused-ring (bicyclic) bond motifs is 1. The molecule has 1 aliphatic heterocycles. The number of amidine groups is 1. The maximum absolute atomic E-state index is 12.2. The van der Waals surface area contributed by atoms with Gasteiger partial charge >= 0.3 is 0 Å². The molecule has 0 saturated heterocycles. The van der Waals surface area contributed by atoms with Crippen LogP contribution in [0.15, 0.2) is 28.1 Å². The fraction of sp³-hybridized carbons (Fsp3) is 0.300. The van der Waals surface area contributed by atoms with E-state index in [1.54, 1.807) is 19.9 Å². The molecule has 0 amide bonds. The lowest BCUT2D eigenvalue weighted by Crippen LogP contribution is -2.47. The molecule has 2 rings (SSSR count). The van der Waals surface area contributed by atoms with E-state index in [4.69, 9.17) is 5.73 Å². The fourth-order valence-electron chi connectivity index (χ4n) is 1.40. The van der Waals surface area contributed by atoms with E-state index >= 15 is 0 Å². The first-order chi connectivity index (χ1) is 6.87. The molecule has 15 heavy (non-hydrogen) atoms. The van der Waals surface area contributed by atoms with Gasteiger partial charge in [0.15, 0.2) is 9.84 Å². The standard InChI is InChI=1S/C10H11N2O2S/c1-10(2)9(11)12-7-5-3-4-6-8(7)15(10,13)14/h4-6H,1-2H3,(H2,11,12).